The largest absolute Gasteiger partial charge is 0.381 e. The van der Waals surface area contributed by atoms with Gasteiger partial charge in [0.2, 0.25) is 0 Å². The molecule has 2 unspecified atom stereocenters. The zero-order valence-electron chi connectivity index (χ0n) is 9.17. The van der Waals surface area contributed by atoms with Crippen molar-refractivity contribution in [3.8, 4) is 0 Å². The SMILES string of the molecule is CC1SCCCC1Nc1ccc(Cl)c(Cl)c1. The highest BCUT2D eigenvalue weighted by Crippen LogP contribution is 2.30. The van der Waals surface area contributed by atoms with Gasteiger partial charge in [-0.15, -0.1) is 0 Å². The van der Waals surface area contributed by atoms with Crippen LogP contribution in [0.5, 0.6) is 0 Å². The second-order valence-corrected chi connectivity index (χ2v) is 6.40. The van der Waals surface area contributed by atoms with Gasteiger partial charge in [-0.1, -0.05) is 30.1 Å². The van der Waals surface area contributed by atoms with Gasteiger partial charge >= 0.3 is 0 Å². The Morgan fingerprint density at radius 2 is 2.12 bits per heavy atom. The first-order valence-corrected chi connectivity index (χ1v) is 7.30. The van der Waals surface area contributed by atoms with Crippen LogP contribution in [0, 0.1) is 0 Å². The molecule has 1 aromatic carbocycles. The van der Waals surface area contributed by atoms with Crippen molar-refractivity contribution in [2.45, 2.75) is 31.1 Å². The van der Waals surface area contributed by atoms with Gasteiger partial charge in [-0.2, -0.15) is 11.8 Å². The standard InChI is InChI=1S/C12H15Cl2NS/c1-8-12(3-2-6-16-8)15-9-4-5-10(13)11(14)7-9/h4-5,7-8,12,15H,2-3,6H2,1H3. The van der Waals surface area contributed by atoms with Crippen molar-refractivity contribution < 1.29 is 0 Å². The molecule has 1 fully saturated rings. The Hall–Kier alpha value is -0.0500. The zero-order chi connectivity index (χ0) is 11.5. The Labute approximate surface area is 111 Å². The minimum Gasteiger partial charge on any atom is -0.381 e. The summed E-state index contributed by atoms with van der Waals surface area (Å²) < 4.78 is 0. The van der Waals surface area contributed by atoms with Gasteiger partial charge in [0.1, 0.15) is 0 Å². The molecule has 16 heavy (non-hydrogen) atoms. The lowest BCUT2D eigenvalue weighted by Crippen LogP contribution is -2.32. The van der Waals surface area contributed by atoms with Gasteiger partial charge in [-0.05, 0) is 36.8 Å². The Balaban J connectivity index is 2.05. The van der Waals surface area contributed by atoms with Crippen molar-refractivity contribution >= 4 is 40.7 Å². The van der Waals surface area contributed by atoms with E-state index in [9.17, 15) is 0 Å². The van der Waals surface area contributed by atoms with Crippen molar-refractivity contribution in [3.63, 3.8) is 0 Å². The van der Waals surface area contributed by atoms with Crippen molar-refractivity contribution in [2.24, 2.45) is 0 Å². The van der Waals surface area contributed by atoms with E-state index >= 15 is 0 Å². The normalized spacial score (nSPS) is 25.4. The molecule has 0 radical (unpaired) electrons. The van der Waals surface area contributed by atoms with Gasteiger partial charge in [-0.25, -0.2) is 0 Å². The Kier molecular flexibility index (Phi) is 4.28. The molecule has 0 saturated carbocycles. The molecule has 88 valence electrons. The summed E-state index contributed by atoms with van der Waals surface area (Å²) in [4.78, 5) is 0. The van der Waals surface area contributed by atoms with Crippen molar-refractivity contribution in [2.75, 3.05) is 11.1 Å². The van der Waals surface area contributed by atoms with Gasteiger partial charge in [-0.3, -0.25) is 0 Å². The van der Waals surface area contributed by atoms with E-state index in [1.165, 1.54) is 18.6 Å². The zero-order valence-corrected chi connectivity index (χ0v) is 11.5. The number of halogens is 2. The van der Waals surface area contributed by atoms with E-state index in [2.05, 4.69) is 12.2 Å². The smallest absolute Gasteiger partial charge is 0.0612 e. The van der Waals surface area contributed by atoms with Crippen LogP contribution >= 0.6 is 35.0 Å². The van der Waals surface area contributed by atoms with Gasteiger partial charge in [0, 0.05) is 17.0 Å². The van der Waals surface area contributed by atoms with Gasteiger partial charge < -0.3 is 5.32 Å². The maximum absolute atomic E-state index is 5.99. The number of rotatable bonds is 2. The van der Waals surface area contributed by atoms with Crippen molar-refractivity contribution in [1.82, 2.24) is 0 Å². The molecule has 2 atom stereocenters. The van der Waals surface area contributed by atoms with E-state index in [-0.39, 0.29) is 0 Å². The molecule has 1 aliphatic rings. The van der Waals surface area contributed by atoms with E-state index in [1.807, 2.05) is 30.0 Å². The van der Waals surface area contributed by atoms with Crippen LogP contribution in [-0.4, -0.2) is 17.0 Å². The average molecular weight is 276 g/mol. The third kappa shape index (κ3) is 2.99. The van der Waals surface area contributed by atoms with Crippen LogP contribution in [0.15, 0.2) is 18.2 Å². The number of benzene rings is 1. The lowest BCUT2D eigenvalue weighted by Gasteiger charge is -2.30. The van der Waals surface area contributed by atoms with E-state index in [4.69, 9.17) is 23.2 Å². The number of anilines is 1. The van der Waals surface area contributed by atoms with Crippen LogP contribution in [0.2, 0.25) is 10.0 Å². The molecule has 0 spiro atoms. The fraction of sp³-hybridized carbons (Fsp3) is 0.500. The van der Waals surface area contributed by atoms with Crippen LogP contribution < -0.4 is 5.32 Å². The molecule has 1 saturated heterocycles. The molecule has 2 rings (SSSR count). The van der Waals surface area contributed by atoms with Crippen molar-refractivity contribution in [3.05, 3.63) is 28.2 Å². The summed E-state index contributed by atoms with van der Waals surface area (Å²) in [5.74, 6) is 1.28. The van der Waals surface area contributed by atoms with Crippen LogP contribution in [0.3, 0.4) is 0 Å². The van der Waals surface area contributed by atoms with Gasteiger partial charge in [0.05, 0.1) is 10.0 Å². The molecule has 1 aliphatic heterocycles. The second kappa shape index (κ2) is 5.52. The first-order chi connectivity index (χ1) is 7.66. The molecule has 0 amide bonds. The second-order valence-electron chi connectivity index (χ2n) is 4.10. The molecule has 1 heterocycles. The van der Waals surface area contributed by atoms with Crippen molar-refractivity contribution in [1.29, 1.82) is 0 Å². The Bertz CT molecular complexity index is 370. The monoisotopic (exact) mass is 275 g/mol. The highest BCUT2D eigenvalue weighted by Gasteiger charge is 2.21. The highest BCUT2D eigenvalue weighted by molar-refractivity contribution is 8.00. The minimum absolute atomic E-state index is 0.538. The molecule has 0 bridgehead atoms. The number of thioether (sulfide) groups is 1. The molecule has 1 nitrogen and oxygen atoms in total. The summed E-state index contributed by atoms with van der Waals surface area (Å²) in [6.07, 6.45) is 2.52. The summed E-state index contributed by atoms with van der Waals surface area (Å²) >= 11 is 13.9. The third-order valence-electron chi connectivity index (χ3n) is 2.88. The molecule has 0 aliphatic carbocycles. The van der Waals surface area contributed by atoms with Crippen LogP contribution in [0.25, 0.3) is 0 Å². The molecule has 1 N–H and O–H groups in total. The van der Waals surface area contributed by atoms with Gasteiger partial charge in [0.25, 0.3) is 0 Å². The predicted molar refractivity (Wildman–Crippen MR) is 75.0 cm³/mol. The number of hydrogen-bond acceptors (Lipinski definition) is 2. The quantitative estimate of drug-likeness (QED) is 0.841. The summed E-state index contributed by atoms with van der Waals surface area (Å²) in [6.45, 7) is 2.28. The minimum atomic E-state index is 0.538. The topological polar surface area (TPSA) is 12.0 Å². The Morgan fingerprint density at radius 3 is 2.81 bits per heavy atom. The molecular formula is C12H15Cl2NS. The van der Waals surface area contributed by atoms with E-state index < -0.39 is 0 Å². The molecular weight excluding hydrogens is 261 g/mol. The van der Waals surface area contributed by atoms with Crippen LogP contribution in [0.4, 0.5) is 5.69 Å². The summed E-state index contributed by atoms with van der Waals surface area (Å²) in [5.41, 5.74) is 1.06. The van der Waals surface area contributed by atoms with E-state index in [0.717, 1.165) is 5.69 Å². The van der Waals surface area contributed by atoms with E-state index in [1.54, 1.807) is 0 Å². The average Bonchev–Trinajstić information content (AvgIpc) is 2.27. The first kappa shape index (κ1) is 12.4. The van der Waals surface area contributed by atoms with E-state index in [0.29, 0.717) is 21.3 Å². The molecule has 4 heteroatoms. The first-order valence-electron chi connectivity index (χ1n) is 5.50. The fourth-order valence-electron chi connectivity index (χ4n) is 1.91. The summed E-state index contributed by atoms with van der Waals surface area (Å²) in [5, 5.41) is 5.41. The van der Waals surface area contributed by atoms with Crippen LogP contribution in [0.1, 0.15) is 19.8 Å². The maximum Gasteiger partial charge on any atom is 0.0612 e. The lowest BCUT2D eigenvalue weighted by molar-refractivity contribution is 0.617. The molecule has 0 aromatic heterocycles. The summed E-state index contributed by atoms with van der Waals surface area (Å²) in [6, 6.07) is 6.26. The number of hydrogen-bond donors (Lipinski definition) is 1. The third-order valence-corrected chi connectivity index (χ3v) is 5.00. The predicted octanol–water partition coefficient (Wildman–Crippen LogP) is 4.69. The van der Waals surface area contributed by atoms with Crippen LogP contribution in [-0.2, 0) is 0 Å². The fourth-order valence-corrected chi connectivity index (χ4v) is 3.35. The highest BCUT2D eigenvalue weighted by atomic mass is 35.5. The Morgan fingerprint density at radius 1 is 1.31 bits per heavy atom. The molecule has 1 aromatic rings. The lowest BCUT2D eigenvalue weighted by atomic mass is 10.1. The maximum atomic E-state index is 5.99. The number of nitrogens with one attached hydrogen (secondary N) is 1. The summed E-state index contributed by atoms with van der Waals surface area (Å²) in [7, 11) is 0. The van der Waals surface area contributed by atoms with Gasteiger partial charge in [0.15, 0.2) is 0 Å².